The van der Waals surface area contributed by atoms with E-state index in [2.05, 4.69) is 5.32 Å². The molecule has 2 aromatic carbocycles. The van der Waals surface area contributed by atoms with Crippen molar-refractivity contribution < 1.29 is 14.3 Å². The molecule has 4 aromatic rings. The van der Waals surface area contributed by atoms with Crippen molar-refractivity contribution >= 4 is 40.2 Å². The summed E-state index contributed by atoms with van der Waals surface area (Å²) in [5.41, 5.74) is 2.74. The van der Waals surface area contributed by atoms with Crippen LogP contribution in [-0.4, -0.2) is 18.9 Å². The number of rotatable bonds is 9. The van der Waals surface area contributed by atoms with Gasteiger partial charge in [0.25, 0.3) is 0 Å². The Hall–Kier alpha value is -3.42. The Kier molecular flexibility index (Phi) is 7.77. The van der Waals surface area contributed by atoms with Crippen LogP contribution in [0.25, 0.3) is 0 Å². The zero-order valence-corrected chi connectivity index (χ0v) is 20.7. The third kappa shape index (κ3) is 5.73. The maximum Gasteiger partial charge on any atom is 0.248 e. The highest BCUT2D eigenvalue weighted by molar-refractivity contribution is 7.10. The summed E-state index contributed by atoms with van der Waals surface area (Å²) in [6.07, 6.45) is 0.235. The number of ether oxygens (including phenoxy) is 1. The van der Waals surface area contributed by atoms with Gasteiger partial charge in [0.2, 0.25) is 11.8 Å². The van der Waals surface area contributed by atoms with E-state index in [0.29, 0.717) is 12.2 Å². The molecule has 0 aliphatic heterocycles. The van der Waals surface area contributed by atoms with Gasteiger partial charge in [-0.15, -0.1) is 22.7 Å². The minimum absolute atomic E-state index is 0.121. The van der Waals surface area contributed by atoms with Crippen LogP contribution >= 0.6 is 22.7 Å². The molecule has 0 spiro atoms. The number of hydrogen-bond donors (Lipinski definition) is 1. The average molecular weight is 491 g/mol. The number of methoxy groups -OCH3 is 1. The normalized spacial score (nSPS) is 11.6. The standard InChI is InChI=1S/C27H26N2O3S2/c1-19-7-11-21(12-8-19)29(25(30)17-23-5-3-15-33-23)26(24-6-4-16-34-24)27(31)28-18-20-9-13-22(32-2)14-10-20/h3-16,26H,17-18H2,1-2H3,(H,28,31)/t26-/m1/s1. The molecule has 2 amide bonds. The second-order valence-electron chi connectivity index (χ2n) is 7.84. The Balaban J connectivity index is 1.64. The molecule has 0 aliphatic rings. The van der Waals surface area contributed by atoms with Crippen LogP contribution in [0.4, 0.5) is 5.69 Å². The molecule has 1 atom stereocenters. The zero-order chi connectivity index (χ0) is 23.9. The lowest BCUT2D eigenvalue weighted by Crippen LogP contribution is -2.44. The number of nitrogens with one attached hydrogen (secondary N) is 1. The first-order valence-electron chi connectivity index (χ1n) is 10.9. The summed E-state index contributed by atoms with van der Waals surface area (Å²) in [5.74, 6) is 0.416. The highest BCUT2D eigenvalue weighted by atomic mass is 32.1. The Morgan fingerprint density at radius 1 is 0.941 bits per heavy atom. The molecule has 2 aromatic heterocycles. The van der Waals surface area contributed by atoms with Crippen molar-refractivity contribution in [1.82, 2.24) is 5.32 Å². The summed E-state index contributed by atoms with van der Waals surface area (Å²) >= 11 is 3.01. The van der Waals surface area contributed by atoms with Gasteiger partial charge >= 0.3 is 0 Å². The van der Waals surface area contributed by atoms with E-state index in [4.69, 9.17) is 4.74 Å². The van der Waals surface area contributed by atoms with E-state index in [1.54, 1.807) is 12.0 Å². The molecular formula is C27H26N2O3S2. The van der Waals surface area contributed by atoms with Crippen molar-refractivity contribution in [3.05, 3.63) is 104 Å². The molecule has 1 N–H and O–H groups in total. The lowest BCUT2D eigenvalue weighted by atomic mass is 10.1. The topological polar surface area (TPSA) is 58.6 Å². The number of benzene rings is 2. The van der Waals surface area contributed by atoms with Gasteiger partial charge in [-0.25, -0.2) is 0 Å². The van der Waals surface area contributed by atoms with Crippen molar-refractivity contribution in [2.24, 2.45) is 0 Å². The van der Waals surface area contributed by atoms with Crippen LogP contribution in [0, 0.1) is 6.92 Å². The van der Waals surface area contributed by atoms with Gasteiger partial charge in [0.15, 0.2) is 0 Å². The van der Waals surface area contributed by atoms with Crippen LogP contribution in [0.15, 0.2) is 83.6 Å². The molecule has 0 fully saturated rings. The number of thiophene rings is 2. The molecular weight excluding hydrogens is 464 g/mol. The van der Waals surface area contributed by atoms with Crippen molar-refractivity contribution in [2.45, 2.75) is 25.9 Å². The molecule has 7 heteroatoms. The van der Waals surface area contributed by atoms with Gasteiger partial charge < -0.3 is 10.1 Å². The molecule has 2 heterocycles. The van der Waals surface area contributed by atoms with Gasteiger partial charge in [-0.1, -0.05) is 42.0 Å². The van der Waals surface area contributed by atoms with E-state index < -0.39 is 6.04 Å². The second kappa shape index (κ2) is 11.1. The predicted molar refractivity (Wildman–Crippen MR) is 139 cm³/mol. The Morgan fingerprint density at radius 3 is 2.26 bits per heavy atom. The fourth-order valence-electron chi connectivity index (χ4n) is 3.64. The average Bonchev–Trinajstić information content (AvgIpc) is 3.56. The largest absolute Gasteiger partial charge is 0.497 e. The van der Waals surface area contributed by atoms with Crippen molar-refractivity contribution in [2.75, 3.05) is 12.0 Å². The summed E-state index contributed by atoms with van der Waals surface area (Å²) < 4.78 is 5.21. The van der Waals surface area contributed by atoms with E-state index >= 15 is 0 Å². The van der Waals surface area contributed by atoms with Crippen LogP contribution in [0.1, 0.15) is 26.9 Å². The number of carbonyl (C=O) groups is 2. The van der Waals surface area contributed by atoms with E-state index in [1.165, 1.54) is 22.7 Å². The lowest BCUT2D eigenvalue weighted by molar-refractivity contribution is -0.126. The van der Waals surface area contributed by atoms with E-state index in [9.17, 15) is 9.59 Å². The minimum atomic E-state index is -0.770. The number of aryl methyl sites for hydroxylation is 1. The summed E-state index contributed by atoms with van der Waals surface area (Å²) in [5, 5.41) is 6.92. The third-order valence-corrected chi connectivity index (χ3v) is 7.23. The van der Waals surface area contributed by atoms with Crippen LogP contribution in [-0.2, 0) is 22.6 Å². The maximum absolute atomic E-state index is 13.6. The van der Waals surface area contributed by atoms with E-state index in [0.717, 1.165) is 26.6 Å². The minimum Gasteiger partial charge on any atom is -0.497 e. The molecule has 174 valence electrons. The number of carbonyl (C=O) groups excluding carboxylic acids is 2. The zero-order valence-electron chi connectivity index (χ0n) is 19.1. The first-order valence-corrected chi connectivity index (χ1v) is 12.7. The van der Waals surface area contributed by atoms with Crippen LogP contribution in [0.2, 0.25) is 0 Å². The van der Waals surface area contributed by atoms with Gasteiger partial charge in [-0.05, 0) is 59.6 Å². The molecule has 0 saturated carbocycles. The summed E-state index contributed by atoms with van der Waals surface area (Å²) in [6, 6.07) is 22.2. The summed E-state index contributed by atoms with van der Waals surface area (Å²) in [4.78, 5) is 30.6. The number of anilines is 1. The van der Waals surface area contributed by atoms with Gasteiger partial charge in [0.1, 0.15) is 11.8 Å². The Morgan fingerprint density at radius 2 is 1.65 bits per heavy atom. The molecule has 4 rings (SSSR count). The van der Waals surface area contributed by atoms with Gasteiger partial charge in [-0.3, -0.25) is 14.5 Å². The van der Waals surface area contributed by atoms with Crippen LogP contribution in [0.3, 0.4) is 0 Å². The smallest absolute Gasteiger partial charge is 0.248 e. The fraction of sp³-hybridized carbons (Fsp3) is 0.185. The monoisotopic (exact) mass is 490 g/mol. The molecule has 0 aliphatic carbocycles. The van der Waals surface area contributed by atoms with E-state index in [1.807, 2.05) is 90.5 Å². The van der Waals surface area contributed by atoms with Gasteiger partial charge in [0.05, 0.1) is 13.5 Å². The Labute approximate surface area is 207 Å². The molecule has 34 heavy (non-hydrogen) atoms. The van der Waals surface area contributed by atoms with Crippen molar-refractivity contribution in [3.8, 4) is 5.75 Å². The molecule has 5 nitrogen and oxygen atoms in total. The SMILES string of the molecule is COc1ccc(CNC(=O)[C@@H](c2cccs2)N(C(=O)Cc2cccs2)c2ccc(C)cc2)cc1. The van der Waals surface area contributed by atoms with Crippen molar-refractivity contribution in [3.63, 3.8) is 0 Å². The van der Waals surface area contributed by atoms with Crippen molar-refractivity contribution in [1.29, 1.82) is 0 Å². The molecule has 0 bridgehead atoms. The first kappa shape index (κ1) is 23.7. The van der Waals surface area contributed by atoms with Crippen LogP contribution in [0.5, 0.6) is 5.75 Å². The highest BCUT2D eigenvalue weighted by Gasteiger charge is 2.33. The van der Waals surface area contributed by atoms with Gasteiger partial charge in [-0.2, -0.15) is 0 Å². The predicted octanol–water partition coefficient (Wildman–Crippen LogP) is 5.76. The molecule has 0 saturated heterocycles. The Bertz CT molecular complexity index is 1200. The van der Waals surface area contributed by atoms with E-state index in [-0.39, 0.29) is 18.2 Å². The maximum atomic E-state index is 13.6. The number of amides is 2. The first-order chi connectivity index (χ1) is 16.5. The lowest BCUT2D eigenvalue weighted by Gasteiger charge is -2.31. The molecule has 0 radical (unpaired) electrons. The summed E-state index contributed by atoms with van der Waals surface area (Å²) in [6.45, 7) is 2.35. The second-order valence-corrected chi connectivity index (χ2v) is 9.85. The number of nitrogens with zero attached hydrogens (tertiary/aromatic N) is 1. The number of hydrogen-bond acceptors (Lipinski definition) is 5. The quantitative estimate of drug-likeness (QED) is 0.325. The summed E-state index contributed by atoms with van der Waals surface area (Å²) in [7, 11) is 1.62. The highest BCUT2D eigenvalue weighted by Crippen LogP contribution is 2.32. The van der Waals surface area contributed by atoms with Gasteiger partial charge in [0, 0.05) is 22.0 Å². The third-order valence-electron chi connectivity index (χ3n) is 5.43. The molecule has 0 unspecified atom stereocenters. The van der Waals surface area contributed by atoms with Crippen LogP contribution < -0.4 is 15.0 Å². The fourth-order valence-corrected chi connectivity index (χ4v) is 5.15.